The van der Waals surface area contributed by atoms with Crippen molar-refractivity contribution in [3.8, 4) is 0 Å². The molecule has 1 aliphatic rings. The van der Waals surface area contributed by atoms with Crippen molar-refractivity contribution in [1.29, 1.82) is 0 Å². The van der Waals surface area contributed by atoms with E-state index in [0.29, 0.717) is 18.7 Å². The van der Waals surface area contributed by atoms with Gasteiger partial charge in [-0.15, -0.1) is 0 Å². The Morgan fingerprint density at radius 3 is 2.32 bits per heavy atom. The fraction of sp³-hybridized carbons (Fsp3) is 1.00. The van der Waals surface area contributed by atoms with E-state index in [0.717, 1.165) is 19.5 Å². The smallest absolute Gasteiger partial charge is 0.151 e. The summed E-state index contributed by atoms with van der Waals surface area (Å²) in [4.78, 5) is 2.36. The lowest BCUT2D eigenvalue weighted by Gasteiger charge is -2.51. The molecule has 1 heterocycles. The van der Waals surface area contributed by atoms with Crippen LogP contribution in [0.15, 0.2) is 0 Å². The van der Waals surface area contributed by atoms with Gasteiger partial charge < -0.3 is 5.32 Å². The molecule has 1 atom stereocenters. The largest absolute Gasteiger partial charge is 0.309 e. The molecular formula is C14H30N2O2S. The van der Waals surface area contributed by atoms with E-state index in [9.17, 15) is 8.42 Å². The molecule has 19 heavy (non-hydrogen) atoms. The molecule has 5 heteroatoms. The van der Waals surface area contributed by atoms with Crippen LogP contribution in [0.25, 0.3) is 0 Å². The summed E-state index contributed by atoms with van der Waals surface area (Å²) in [7, 11) is -2.89. The van der Waals surface area contributed by atoms with Crippen LogP contribution >= 0.6 is 0 Å². The van der Waals surface area contributed by atoms with Crippen LogP contribution in [0.5, 0.6) is 0 Å². The highest BCUT2D eigenvalue weighted by Crippen LogP contribution is 2.26. The summed E-state index contributed by atoms with van der Waals surface area (Å²) in [5.41, 5.74) is 0.125. The monoisotopic (exact) mass is 290 g/mol. The predicted octanol–water partition coefficient (Wildman–Crippen LogP) is 1.66. The molecule has 4 nitrogen and oxygen atoms in total. The molecule has 1 saturated heterocycles. The summed E-state index contributed by atoms with van der Waals surface area (Å²) in [5, 5.41) is 3.56. The minimum Gasteiger partial charge on any atom is -0.309 e. The molecule has 0 radical (unpaired) electrons. The number of rotatable bonds is 6. The molecule has 0 aromatic carbocycles. The van der Waals surface area contributed by atoms with Crippen molar-refractivity contribution in [1.82, 2.24) is 10.2 Å². The minimum atomic E-state index is -2.89. The quantitative estimate of drug-likeness (QED) is 0.808. The molecule has 0 bridgehead atoms. The fourth-order valence-corrected chi connectivity index (χ4v) is 3.95. The lowest BCUT2D eigenvalue weighted by molar-refractivity contribution is 0.0296. The van der Waals surface area contributed by atoms with Gasteiger partial charge in [0.15, 0.2) is 9.84 Å². The maximum Gasteiger partial charge on any atom is 0.151 e. The number of piperazine rings is 1. The molecular weight excluding hydrogens is 260 g/mol. The number of nitrogens with zero attached hydrogens (tertiary/aromatic N) is 1. The van der Waals surface area contributed by atoms with Gasteiger partial charge in [0, 0.05) is 36.5 Å². The zero-order valence-corrected chi connectivity index (χ0v) is 13.9. The van der Waals surface area contributed by atoms with Gasteiger partial charge in [0.05, 0.1) is 5.75 Å². The van der Waals surface area contributed by atoms with Gasteiger partial charge in [0.1, 0.15) is 0 Å². The predicted molar refractivity (Wildman–Crippen MR) is 81.3 cm³/mol. The highest BCUT2D eigenvalue weighted by molar-refractivity contribution is 7.91. The summed E-state index contributed by atoms with van der Waals surface area (Å²) in [5.74, 6) is 0.595. The Kier molecular flexibility index (Phi) is 5.43. The van der Waals surface area contributed by atoms with E-state index in [2.05, 4.69) is 37.9 Å². The van der Waals surface area contributed by atoms with Crippen LogP contribution in [0.4, 0.5) is 0 Å². The van der Waals surface area contributed by atoms with E-state index in [1.807, 2.05) is 6.92 Å². The second kappa shape index (κ2) is 6.10. The second-order valence-corrected chi connectivity index (χ2v) is 8.96. The van der Waals surface area contributed by atoms with Crippen molar-refractivity contribution >= 4 is 9.84 Å². The van der Waals surface area contributed by atoms with Crippen molar-refractivity contribution in [2.24, 2.45) is 0 Å². The highest BCUT2D eigenvalue weighted by atomic mass is 32.2. The Labute approximate surface area is 118 Å². The van der Waals surface area contributed by atoms with E-state index < -0.39 is 9.84 Å². The molecule has 1 unspecified atom stereocenters. The molecule has 1 N–H and O–H groups in total. The van der Waals surface area contributed by atoms with Crippen LogP contribution < -0.4 is 5.32 Å². The van der Waals surface area contributed by atoms with Gasteiger partial charge in [0.2, 0.25) is 0 Å². The Hall–Kier alpha value is -0.130. The van der Waals surface area contributed by atoms with Gasteiger partial charge in [-0.3, -0.25) is 4.90 Å². The summed E-state index contributed by atoms with van der Waals surface area (Å²) in [6, 6.07) is 0. The van der Waals surface area contributed by atoms with Crippen molar-refractivity contribution in [3.63, 3.8) is 0 Å². The van der Waals surface area contributed by atoms with Gasteiger partial charge in [-0.05, 0) is 33.6 Å². The average molecular weight is 290 g/mol. The number of nitrogens with one attached hydrogen (secondary N) is 1. The van der Waals surface area contributed by atoms with Crippen LogP contribution in [0, 0.1) is 0 Å². The lowest BCUT2D eigenvalue weighted by atomic mass is 9.88. The lowest BCUT2D eigenvalue weighted by Crippen LogP contribution is -2.67. The Bertz CT molecular complexity index is 392. The molecule has 1 aliphatic heterocycles. The van der Waals surface area contributed by atoms with Crippen LogP contribution in [0.1, 0.15) is 47.5 Å². The molecule has 0 amide bonds. The van der Waals surface area contributed by atoms with Crippen molar-refractivity contribution < 1.29 is 8.42 Å². The standard InChI is InChI=1S/C14H30N2O2S/c1-6-9-19(17,18)10-8-16-12-13(3,4)15-11-14(16,5)7-2/h15H,6-12H2,1-5H3. The minimum absolute atomic E-state index is 0.0587. The van der Waals surface area contributed by atoms with Gasteiger partial charge in [-0.1, -0.05) is 13.8 Å². The second-order valence-electron chi connectivity index (χ2n) is 6.66. The zero-order chi connectivity index (χ0) is 14.7. The van der Waals surface area contributed by atoms with Crippen molar-refractivity contribution in [2.45, 2.75) is 58.5 Å². The molecule has 0 spiro atoms. The third kappa shape index (κ3) is 4.72. The molecule has 1 rings (SSSR count). The van der Waals surface area contributed by atoms with Gasteiger partial charge in [-0.25, -0.2) is 8.42 Å². The molecule has 0 aromatic heterocycles. The Morgan fingerprint density at radius 1 is 1.16 bits per heavy atom. The molecule has 0 aromatic rings. The zero-order valence-electron chi connectivity index (χ0n) is 13.1. The van der Waals surface area contributed by atoms with Crippen molar-refractivity contribution in [2.75, 3.05) is 31.1 Å². The van der Waals surface area contributed by atoms with Crippen LogP contribution in [-0.2, 0) is 9.84 Å². The summed E-state index contributed by atoms with van der Waals surface area (Å²) < 4.78 is 23.8. The van der Waals surface area contributed by atoms with Crippen LogP contribution in [0.2, 0.25) is 0 Å². The number of hydrogen-bond acceptors (Lipinski definition) is 4. The van der Waals surface area contributed by atoms with Gasteiger partial charge in [-0.2, -0.15) is 0 Å². The summed E-state index contributed by atoms with van der Waals surface area (Å²) >= 11 is 0. The van der Waals surface area contributed by atoms with Gasteiger partial charge in [0.25, 0.3) is 0 Å². The molecule has 1 fully saturated rings. The topological polar surface area (TPSA) is 49.4 Å². The van der Waals surface area contributed by atoms with Crippen LogP contribution in [0.3, 0.4) is 0 Å². The Balaban J connectivity index is 2.71. The highest BCUT2D eigenvalue weighted by Gasteiger charge is 2.39. The third-order valence-corrected chi connectivity index (χ3v) is 6.08. The van der Waals surface area contributed by atoms with E-state index in [4.69, 9.17) is 0 Å². The first-order chi connectivity index (χ1) is 8.64. The van der Waals surface area contributed by atoms with Gasteiger partial charge >= 0.3 is 0 Å². The van der Waals surface area contributed by atoms with Crippen LogP contribution in [-0.4, -0.2) is 55.5 Å². The van der Waals surface area contributed by atoms with E-state index in [-0.39, 0.29) is 16.8 Å². The maximum atomic E-state index is 11.9. The number of sulfone groups is 1. The van der Waals surface area contributed by atoms with E-state index in [1.165, 1.54) is 0 Å². The summed E-state index contributed by atoms with van der Waals surface area (Å²) in [6.07, 6.45) is 1.74. The fourth-order valence-electron chi connectivity index (χ4n) is 2.63. The summed E-state index contributed by atoms with van der Waals surface area (Å²) in [6.45, 7) is 13.1. The Morgan fingerprint density at radius 2 is 1.79 bits per heavy atom. The third-order valence-electron chi connectivity index (χ3n) is 4.25. The van der Waals surface area contributed by atoms with E-state index in [1.54, 1.807) is 0 Å². The van der Waals surface area contributed by atoms with Crippen molar-refractivity contribution in [3.05, 3.63) is 0 Å². The normalized spacial score (nSPS) is 28.5. The first-order valence-electron chi connectivity index (χ1n) is 7.35. The average Bonchev–Trinajstić information content (AvgIpc) is 2.30. The number of hydrogen-bond donors (Lipinski definition) is 1. The first-order valence-corrected chi connectivity index (χ1v) is 9.17. The first kappa shape index (κ1) is 16.9. The maximum absolute atomic E-state index is 11.9. The van der Waals surface area contributed by atoms with E-state index >= 15 is 0 Å². The molecule has 0 saturated carbocycles. The molecule has 114 valence electrons. The molecule has 0 aliphatic carbocycles. The SMILES string of the molecule is CCCS(=O)(=O)CCN1CC(C)(C)NCC1(C)CC.